The van der Waals surface area contributed by atoms with Gasteiger partial charge in [0, 0.05) is 13.1 Å². The molecule has 0 bridgehead atoms. The Morgan fingerprint density at radius 1 is 1.44 bits per heavy atom. The van der Waals surface area contributed by atoms with Crippen molar-refractivity contribution in [3.05, 3.63) is 29.6 Å². The maximum absolute atomic E-state index is 12.9. The molecule has 0 aromatic heterocycles. The van der Waals surface area contributed by atoms with Gasteiger partial charge in [0.1, 0.15) is 11.6 Å². The first kappa shape index (κ1) is 12.2. The molecule has 1 aromatic carbocycles. The van der Waals surface area contributed by atoms with Gasteiger partial charge in [0.05, 0.1) is 5.56 Å². The summed E-state index contributed by atoms with van der Waals surface area (Å²) in [7, 11) is 1.46. The number of halogens is 1. The fourth-order valence-electron chi connectivity index (χ4n) is 1.12. The molecule has 0 fully saturated rings. The van der Waals surface area contributed by atoms with Crippen LogP contribution in [-0.2, 0) is 4.79 Å². The van der Waals surface area contributed by atoms with E-state index < -0.39 is 5.82 Å². The SMILES string of the molecule is CNC(=O)COc1cc(F)ccc1C(C)=O. The van der Waals surface area contributed by atoms with Gasteiger partial charge in [-0.3, -0.25) is 9.59 Å². The second-order valence-corrected chi connectivity index (χ2v) is 3.16. The number of ketones is 1. The highest BCUT2D eigenvalue weighted by molar-refractivity contribution is 5.96. The third-order valence-corrected chi connectivity index (χ3v) is 1.96. The molecule has 0 unspecified atom stereocenters. The van der Waals surface area contributed by atoms with Crippen LogP contribution in [0, 0.1) is 5.82 Å². The molecule has 0 radical (unpaired) electrons. The van der Waals surface area contributed by atoms with Gasteiger partial charge < -0.3 is 10.1 Å². The van der Waals surface area contributed by atoms with E-state index in [1.54, 1.807) is 0 Å². The second-order valence-electron chi connectivity index (χ2n) is 3.16. The van der Waals surface area contributed by atoms with Crippen molar-refractivity contribution in [2.45, 2.75) is 6.92 Å². The highest BCUT2D eigenvalue weighted by Crippen LogP contribution is 2.20. The number of benzene rings is 1. The van der Waals surface area contributed by atoms with Gasteiger partial charge >= 0.3 is 0 Å². The van der Waals surface area contributed by atoms with Crippen LogP contribution in [0.5, 0.6) is 5.75 Å². The Kier molecular flexibility index (Phi) is 3.99. The number of amides is 1. The molecule has 0 heterocycles. The van der Waals surface area contributed by atoms with Crippen molar-refractivity contribution >= 4 is 11.7 Å². The van der Waals surface area contributed by atoms with Crippen molar-refractivity contribution in [2.24, 2.45) is 0 Å². The minimum atomic E-state index is -0.517. The highest BCUT2D eigenvalue weighted by atomic mass is 19.1. The molecule has 0 aliphatic heterocycles. The molecule has 1 N–H and O–H groups in total. The van der Waals surface area contributed by atoms with Gasteiger partial charge in [0.15, 0.2) is 12.4 Å². The van der Waals surface area contributed by atoms with Crippen molar-refractivity contribution in [3.63, 3.8) is 0 Å². The summed E-state index contributed by atoms with van der Waals surface area (Å²) in [5.74, 6) is -1.03. The lowest BCUT2D eigenvalue weighted by Gasteiger charge is -2.08. The monoisotopic (exact) mass is 225 g/mol. The smallest absolute Gasteiger partial charge is 0.257 e. The summed E-state index contributed by atoms with van der Waals surface area (Å²) in [5.41, 5.74) is 0.255. The van der Waals surface area contributed by atoms with Gasteiger partial charge in [0.2, 0.25) is 0 Å². The molecule has 0 atom stereocenters. The number of ether oxygens (including phenoxy) is 1. The van der Waals surface area contributed by atoms with Crippen molar-refractivity contribution in [3.8, 4) is 5.75 Å². The summed E-state index contributed by atoms with van der Waals surface area (Å²) in [4.78, 5) is 22.1. The zero-order valence-electron chi connectivity index (χ0n) is 9.04. The summed E-state index contributed by atoms with van der Waals surface area (Å²) in [6, 6.07) is 3.58. The lowest BCUT2D eigenvalue weighted by Crippen LogP contribution is -2.25. The Labute approximate surface area is 92.4 Å². The predicted octanol–water partition coefficient (Wildman–Crippen LogP) is 1.15. The largest absolute Gasteiger partial charge is 0.483 e. The lowest BCUT2D eigenvalue weighted by atomic mass is 10.1. The van der Waals surface area contributed by atoms with Crippen LogP contribution < -0.4 is 10.1 Å². The maximum Gasteiger partial charge on any atom is 0.257 e. The summed E-state index contributed by atoms with van der Waals surface area (Å²) in [6.07, 6.45) is 0. The predicted molar refractivity (Wildman–Crippen MR) is 56.0 cm³/mol. The minimum Gasteiger partial charge on any atom is -0.483 e. The molecule has 5 heteroatoms. The van der Waals surface area contributed by atoms with Gasteiger partial charge in [-0.1, -0.05) is 0 Å². The fourth-order valence-corrected chi connectivity index (χ4v) is 1.12. The third-order valence-electron chi connectivity index (χ3n) is 1.96. The molecule has 1 amide bonds. The van der Waals surface area contributed by atoms with E-state index in [1.165, 1.54) is 26.1 Å². The number of rotatable bonds is 4. The zero-order chi connectivity index (χ0) is 12.1. The number of carbonyl (C=O) groups excluding carboxylic acids is 2. The van der Waals surface area contributed by atoms with Gasteiger partial charge in [-0.15, -0.1) is 0 Å². The first-order valence-electron chi connectivity index (χ1n) is 4.68. The average Bonchev–Trinajstić information content (AvgIpc) is 2.25. The normalized spacial score (nSPS) is 9.69. The molecule has 4 nitrogen and oxygen atoms in total. The van der Waals surface area contributed by atoms with E-state index in [4.69, 9.17) is 4.74 Å². The van der Waals surface area contributed by atoms with Crippen LogP contribution in [0.3, 0.4) is 0 Å². The first-order chi connectivity index (χ1) is 7.54. The number of nitrogens with one attached hydrogen (secondary N) is 1. The average molecular weight is 225 g/mol. The van der Waals surface area contributed by atoms with E-state index >= 15 is 0 Å². The minimum absolute atomic E-state index is 0.0797. The van der Waals surface area contributed by atoms with Gasteiger partial charge in [-0.05, 0) is 19.1 Å². The number of likely N-dealkylation sites (N-methyl/N-ethyl adjacent to an activating group) is 1. The van der Waals surface area contributed by atoms with E-state index in [0.717, 1.165) is 6.07 Å². The molecule has 0 aliphatic rings. The molecular weight excluding hydrogens is 213 g/mol. The van der Waals surface area contributed by atoms with Crippen LogP contribution in [0.2, 0.25) is 0 Å². The van der Waals surface area contributed by atoms with Crippen LogP contribution >= 0.6 is 0 Å². The summed E-state index contributed by atoms with van der Waals surface area (Å²) in [6.45, 7) is 1.10. The number of hydrogen-bond acceptors (Lipinski definition) is 3. The van der Waals surface area contributed by atoms with Gasteiger partial charge in [-0.2, -0.15) is 0 Å². The van der Waals surface area contributed by atoms with Gasteiger partial charge in [0.25, 0.3) is 5.91 Å². The third kappa shape index (κ3) is 3.05. The molecule has 16 heavy (non-hydrogen) atoms. The fraction of sp³-hybridized carbons (Fsp3) is 0.273. The molecule has 0 spiro atoms. The molecule has 0 saturated heterocycles. The van der Waals surface area contributed by atoms with Crippen molar-refractivity contribution in [1.82, 2.24) is 5.32 Å². The summed E-state index contributed by atoms with van der Waals surface area (Å²) >= 11 is 0. The number of carbonyl (C=O) groups is 2. The van der Waals surface area contributed by atoms with Gasteiger partial charge in [-0.25, -0.2) is 4.39 Å². The maximum atomic E-state index is 12.9. The molecular formula is C11H12FNO3. The van der Waals surface area contributed by atoms with Crippen LogP contribution in [0.25, 0.3) is 0 Å². The van der Waals surface area contributed by atoms with E-state index in [-0.39, 0.29) is 29.6 Å². The second kappa shape index (κ2) is 5.25. The molecule has 0 saturated carbocycles. The highest BCUT2D eigenvalue weighted by Gasteiger charge is 2.10. The molecule has 1 rings (SSSR count). The van der Waals surface area contributed by atoms with E-state index in [1.807, 2.05) is 0 Å². The topological polar surface area (TPSA) is 55.4 Å². The molecule has 0 aliphatic carbocycles. The van der Waals surface area contributed by atoms with Crippen molar-refractivity contribution in [2.75, 3.05) is 13.7 Å². The summed E-state index contributed by atoms with van der Waals surface area (Å²) in [5, 5.41) is 2.36. The van der Waals surface area contributed by atoms with Crippen molar-refractivity contribution < 1.29 is 18.7 Å². The Bertz CT molecular complexity index is 418. The van der Waals surface area contributed by atoms with Crippen LogP contribution in [-0.4, -0.2) is 25.3 Å². The van der Waals surface area contributed by atoms with Crippen LogP contribution in [0.4, 0.5) is 4.39 Å². The number of Topliss-reactive ketones (excluding diaryl/α,β-unsaturated/α-hetero) is 1. The number of hydrogen-bond donors (Lipinski definition) is 1. The van der Waals surface area contributed by atoms with E-state index in [9.17, 15) is 14.0 Å². The summed E-state index contributed by atoms with van der Waals surface area (Å²) < 4.78 is 18.0. The molecule has 86 valence electrons. The standard InChI is InChI=1S/C11H12FNO3/c1-7(14)9-4-3-8(12)5-10(9)16-6-11(15)13-2/h3-5H,6H2,1-2H3,(H,13,15). The Morgan fingerprint density at radius 3 is 2.69 bits per heavy atom. The Balaban J connectivity index is 2.88. The zero-order valence-corrected chi connectivity index (χ0v) is 9.04. The van der Waals surface area contributed by atoms with E-state index in [0.29, 0.717) is 0 Å². The van der Waals surface area contributed by atoms with Crippen LogP contribution in [0.1, 0.15) is 17.3 Å². The lowest BCUT2D eigenvalue weighted by molar-refractivity contribution is -0.122. The van der Waals surface area contributed by atoms with Crippen molar-refractivity contribution in [1.29, 1.82) is 0 Å². The molecule has 1 aromatic rings. The van der Waals surface area contributed by atoms with E-state index in [2.05, 4.69) is 5.32 Å². The Morgan fingerprint density at radius 2 is 2.12 bits per heavy atom. The first-order valence-corrected chi connectivity index (χ1v) is 4.68. The van der Waals surface area contributed by atoms with Crippen LogP contribution in [0.15, 0.2) is 18.2 Å². The Hall–Kier alpha value is -1.91. The quantitative estimate of drug-likeness (QED) is 0.782.